The molecule has 17 heavy (non-hydrogen) atoms. The fourth-order valence-electron chi connectivity index (χ4n) is 2.24. The molecule has 92 valence electrons. The van der Waals surface area contributed by atoms with Crippen LogP contribution in [0.1, 0.15) is 25.8 Å². The molecule has 1 aromatic carbocycles. The summed E-state index contributed by atoms with van der Waals surface area (Å²) < 4.78 is 0. The van der Waals surface area contributed by atoms with Crippen LogP contribution in [0.3, 0.4) is 0 Å². The van der Waals surface area contributed by atoms with Gasteiger partial charge in [0, 0.05) is 12.2 Å². The summed E-state index contributed by atoms with van der Waals surface area (Å²) in [6.45, 7) is 4.86. The largest absolute Gasteiger partial charge is 0.320 e. The van der Waals surface area contributed by atoms with Crippen LogP contribution in [-0.4, -0.2) is 18.5 Å². The van der Waals surface area contributed by atoms with Crippen LogP contribution in [0.15, 0.2) is 24.3 Å². The molecule has 0 bridgehead atoms. The Morgan fingerprint density at radius 3 is 2.88 bits per heavy atom. The minimum Gasteiger partial charge on any atom is -0.320 e. The summed E-state index contributed by atoms with van der Waals surface area (Å²) in [5, 5.41) is 0. The number of nitrogens with zero attached hydrogens (tertiary/aromatic N) is 1. The Balaban J connectivity index is 2.18. The fourth-order valence-corrected chi connectivity index (χ4v) is 2.24. The molecule has 0 saturated heterocycles. The van der Waals surface area contributed by atoms with Crippen molar-refractivity contribution >= 4 is 11.6 Å². The maximum absolute atomic E-state index is 12.3. The predicted molar refractivity (Wildman–Crippen MR) is 69.9 cm³/mol. The quantitative estimate of drug-likeness (QED) is 0.865. The van der Waals surface area contributed by atoms with Gasteiger partial charge in [0.05, 0.1) is 6.04 Å². The van der Waals surface area contributed by atoms with Gasteiger partial charge in [-0.2, -0.15) is 0 Å². The normalized spacial score (nSPS) is 17.7. The lowest BCUT2D eigenvalue weighted by Gasteiger charge is -2.24. The van der Waals surface area contributed by atoms with Gasteiger partial charge in [-0.05, 0) is 24.0 Å². The predicted octanol–water partition coefficient (Wildman–Crippen LogP) is 1.95. The molecule has 2 rings (SSSR count). The van der Waals surface area contributed by atoms with Gasteiger partial charge in [0.2, 0.25) is 5.91 Å². The Kier molecular flexibility index (Phi) is 3.48. The Hall–Kier alpha value is -1.35. The molecule has 0 fully saturated rings. The van der Waals surface area contributed by atoms with Gasteiger partial charge in [-0.1, -0.05) is 38.5 Å². The van der Waals surface area contributed by atoms with E-state index in [1.54, 1.807) is 0 Å². The molecule has 3 nitrogen and oxygen atoms in total. The average Bonchev–Trinajstić information content (AvgIpc) is 2.79. The van der Waals surface area contributed by atoms with Gasteiger partial charge in [0.15, 0.2) is 0 Å². The summed E-state index contributed by atoms with van der Waals surface area (Å²) in [5.41, 5.74) is 8.30. The van der Waals surface area contributed by atoms with E-state index in [9.17, 15) is 4.79 Å². The van der Waals surface area contributed by atoms with Gasteiger partial charge in [-0.25, -0.2) is 0 Å². The molecule has 1 aromatic rings. The van der Waals surface area contributed by atoms with Gasteiger partial charge in [-0.15, -0.1) is 0 Å². The molecule has 1 heterocycles. The summed E-state index contributed by atoms with van der Waals surface area (Å²) in [4.78, 5) is 14.1. The van der Waals surface area contributed by atoms with E-state index in [0.717, 1.165) is 25.1 Å². The van der Waals surface area contributed by atoms with Crippen LogP contribution in [0.5, 0.6) is 0 Å². The summed E-state index contributed by atoms with van der Waals surface area (Å²) in [6, 6.07) is 7.69. The summed E-state index contributed by atoms with van der Waals surface area (Å²) in [5.74, 6) is 0.291. The van der Waals surface area contributed by atoms with E-state index < -0.39 is 0 Å². The van der Waals surface area contributed by atoms with E-state index in [2.05, 4.69) is 13.0 Å². The highest BCUT2D eigenvalue weighted by Crippen LogP contribution is 2.28. The Morgan fingerprint density at radius 2 is 2.18 bits per heavy atom. The van der Waals surface area contributed by atoms with Crippen LogP contribution in [0.2, 0.25) is 0 Å². The Labute approximate surface area is 103 Å². The van der Waals surface area contributed by atoms with Crippen LogP contribution >= 0.6 is 0 Å². The number of carbonyl (C=O) groups is 1. The average molecular weight is 232 g/mol. The second-order valence-corrected chi connectivity index (χ2v) is 4.78. The molecule has 0 radical (unpaired) electrons. The van der Waals surface area contributed by atoms with Crippen LogP contribution in [0, 0.1) is 5.92 Å². The third-order valence-electron chi connectivity index (χ3n) is 3.70. The van der Waals surface area contributed by atoms with Crippen molar-refractivity contribution in [2.75, 3.05) is 11.4 Å². The smallest absolute Gasteiger partial charge is 0.244 e. The molecule has 2 unspecified atom stereocenters. The number of nitrogens with two attached hydrogens (primary N) is 1. The third-order valence-corrected chi connectivity index (χ3v) is 3.70. The fraction of sp³-hybridized carbons (Fsp3) is 0.500. The van der Waals surface area contributed by atoms with E-state index >= 15 is 0 Å². The van der Waals surface area contributed by atoms with E-state index in [0.29, 0.717) is 0 Å². The van der Waals surface area contributed by atoms with Crippen molar-refractivity contribution in [3.63, 3.8) is 0 Å². The van der Waals surface area contributed by atoms with Crippen molar-refractivity contribution in [2.24, 2.45) is 11.7 Å². The molecule has 0 aliphatic carbocycles. The summed E-state index contributed by atoms with van der Waals surface area (Å²) in [6.07, 6.45) is 1.87. The monoisotopic (exact) mass is 232 g/mol. The standard InChI is InChI=1S/C14H20N2O/c1-3-10(2)13(15)14(17)16-9-8-11-6-4-5-7-12(11)16/h4-7,10,13H,3,8-9,15H2,1-2H3. The van der Waals surface area contributed by atoms with E-state index in [-0.39, 0.29) is 17.9 Å². The van der Waals surface area contributed by atoms with Gasteiger partial charge >= 0.3 is 0 Å². The lowest BCUT2D eigenvalue weighted by molar-refractivity contribution is -0.120. The number of hydrogen-bond acceptors (Lipinski definition) is 2. The molecule has 2 atom stereocenters. The zero-order valence-corrected chi connectivity index (χ0v) is 10.5. The summed E-state index contributed by atoms with van der Waals surface area (Å²) >= 11 is 0. The molecule has 1 aliphatic rings. The van der Waals surface area contributed by atoms with Crippen LogP contribution < -0.4 is 10.6 Å². The second-order valence-electron chi connectivity index (χ2n) is 4.78. The number of fused-ring (bicyclic) bond motifs is 1. The first-order chi connectivity index (χ1) is 8.15. The van der Waals surface area contributed by atoms with Crippen molar-refractivity contribution in [1.82, 2.24) is 0 Å². The zero-order chi connectivity index (χ0) is 12.4. The van der Waals surface area contributed by atoms with Crippen LogP contribution in [0.4, 0.5) is 5.69 Å². The van der Waals surface area contributed by atoms with Crippen LogP contribution in [-0.2, 0) is 11.2 Å². The first-order valence-electron chi connectivity index (χ1n) is 6.30. The van der Waals surface area contributed by atoms with Crippen molar-refractivity contribution < 1.29 is 4.79 Å². The first-order valence-corrected chi connectivity index (χ1v) is 6.30. The number of anilines is 1. The number of rotatable bonds is 3. The van der Waals surface area contributed by atoms with E-state index in [1.807, 2.05) is 30.0 Å². The molecule has 0 saturated carbocycles. The second kappa shape index (κ2) is 4.88. The molecule has 1 amide bonds. The SMILES string of the molecule is CCC(C)C(N)C(=O)N1CCc2ccccc21. The highest BCUT2D eigenvalue weighted by atomic mass is 16.2. The molecular formula is C14H20N2O. The number of para-hydroxylation sites is 1. The minimum absolute atomic E-state index is 0.0595. The van der Waals surface area contributed by atoms with Crippen molar-refractivity contribution in [2.45, 2.75) is 32.7 Å². The molecular weight excluding hydrogens is 212 g/mol. The Morgan fingerprint density at radius 1 is 1.47 bits per heavy atom. The van der Waals surface area contributed by atoms with Crippen LogP contribution in [0.25, 0.3) is 0 Å². The highest BCUT2D eigenvalue weighted by molar-refractivity contribution is 5.99. The van der Waals surface area contributed by atoms with Crippen molar-refractivity contribution in [3.8, 4) is 0 Å². The minimum atomic E-state index is -0.383. The van der Waals surface area contributed by atoms with Crippen molar-refractivity contribution in [1.29, 1.82) is 0 Å². The zero-order valence-electron chi connectivity index (χ0n) is 10.5. The lowest BCUT2D eigenvalue weighted by Crippen LogP contribution is -2.46. The number of carbonyl (C=O) groups excluding carboxylic acids is 1. The topological polar surface area (TPSA) is 46.3 Å². The van der Waals surface area contributed by atoms with Crippen molar-refractivity contribution in [3.05, 3.63) is 29.8 Å². The lowest BCUT2D eigenvalue weighted by atomic mass is 9.99. The maximum atomic E-state index is 12.3. The van der Waals surface area contributed by atoms with E-state index in [4.69, 9.17) is 5.73 Å². The number of amides is 1. The molecule has 2 N–H and O–H groups in total. The van der Waals surface area contributed by atoms with Gasteiger partial charge < -0.3 is 10.6 Å². The molecule has 1 aliphatic heterocycles. The highest BCUT2D eigenvalue weighted by Gasteiger charge is 2.29. The maximum Gasteiger partial charge on any atom is 0.244 e. The summed E-state index contributed by atoms with van der Waals surface area (Å²) in [7, 11) is 0. The third kappa shape index (κ3) is 2.20. The molecule has 0 aromatic heterocycles. The molecule has 3 heteroatoms. The van der Waals surface area contributed by atoms with Gasteiger partial charge in [0.25, 0.3) is 0 Å². The van der Waals surface area contributed by atoms with Gasteiger partial charge in [0.1, 0.15) is 0 Å². The van der Waals surface area contributed by atoms with Gasteiger partial charge in [-0.3, -0.25) is 4.79 Å². The number of benzene rings is 1. The Bertz CT molecular complexity index is 416. The van der Waals surface area contributed by atoms with E-state index in [1.165, 1.54) is 5.56 Å². The number of hydrogen-bond donors (Lipinski definition) is 1. The molecule has 0 spiro atoms. The first kappa shape index (κ1) is 12.1.